The Morgan fingerprint density at radius 2 is 1.33 bits per heavy atom. The molecule has 6 nitrogen and oxygen atoms in total. The van der Waals surface area contributed by atoms with Crippen LogP contribution in [0.3, 0.4) is 0 Å². The number of amides is 3. The Balaban J connectivity index is 1.32. The standard InChI is InChI=1S/C29H23N3O3S/c1-2-32-24-17-16-22(18-26(24)36-25-11-7-6-10-23(25)29(32)35)31-28(34)20-12-14-21(15-13-20)30-27(33)19-8-4-3-5-9-19/h3-18H,2H2,1H3,(H,30,33)(H,31,34). The molecule has 1 aliphatic rings. The van der Waals surface area contributed by atoms with Crippen LogP contribution in [0.4, 0.5) is 17.1 Å². The molecule has 178 valence electrons. The number of benzene rings is 4. The van der Waals surface area contributed by atoms with Crippen LogP contribution < -0.4 is 15.5 Å². The zero-order valence-electron chi connectivity index (χ0n) is 19.5. The molecule has 1 aliphatic heterocycles. The van der Waals surface area contributed by atoms with Crippen LogP contribution in [-0.2, 0) is 0 Å². The Kier molecular flexibility index (Phi) is 6.56. The fraction of sp³-hybridized carbons (Fsp3) is 0.0690. The summed E-state index contributed by atoms with van der Waals surface area (Å²) in [6, 6.07) is 28.8. The summed E-state index contributed by atoms with van der Waals surface area (Å²) >= 11 is 1.52. The van der Waals surface area contributed by atoms with Crippen molar-refractivity contribution in [1.82, 2.24) is 0 Å². The van der Waals surface area contributed by atoms with Gasteiger partial charge in [-0.15, -0.1) is 0 Å². The summed E-state index contributed by atoms with van der Waals surface area (Å²) in [5, 5.41) is 5.77. The fourth-order valence-corrected chi connectivity index (χ4v) is 5.13. The Bertz CT molecular complexity index is 1450. The van der Waals surface area contributed by atoms with E-state index in [9.17, 15) is 14.4 Å². The molecule has 0 aliphatic carbocycles. The second-order valence-electron chi connectivity index (χ2n) is 8.18. The van der Waals surface area contributed by atoms with Crippen LogP contribution >= 0.6 is 11.8 Å². The summed E-state index contributed by atoms with van der Waals surface area (Å²) in [4.78, 5) is 41.9. The van der Waals surface area contributed by atoms with Crippen LogP contribution in [0, 0.1) is 0 Å². The molecule has 0 saturated carbocycles. The van der Waals surface area contributed by atoms with Crippen molar-refractivity contribution in [2.24, 2.45) is 0 Å². The first-order valence-corrected chi connectivity index (χ1v) is 12.4. The van der Waals surface area contributed by atoms with Gasteiger partial charge < -0.3 is 15.5 Å². The van der Waals surface area contributed by atoms with E-state index in [-0.39, 0.29) is 17.7 Å². The number of rotatable bonds is 5. The molecule has 3 amide bonds. The van der Waals surface area contributed by atoms with E-state index < -0.39 is 0 Å². The third kappa shape index (κ3) is 4.74. The van der Waals surface area contributed by atoms with Crippen molar-refractivity contribution >= 4 is 46.5 Å². The lowest BCUT2D eigenvalue weighted by Crippen LogP contribution is -2.30. The Labute approximate surface area is 213 Å². The van der Waals surface area contributed by atoms with E-state index in [1.54, 1.807) is 59.5 Å². The maximum absolute atomic E-state index is 13.1. The van der Waals surface area contributed by atoms with Gasteiger partial charge in [-0.2, -0.15) is 0 Å². The van der Waals surface area contributed by atoms with Gasteiger partial charge in [0, 0.05) is 38.8 Å². The number of anilines is 3. The molecule has 0 fully saturated rings. The van der Waals surface area contributed by atoms with E-state index in [1.165, 1.54) is 11.8 Å². The minimum atomic E-state index is -0.265. The smallest absolute Gasteiger partial charge is 0.259 e. The molecule has 0 saturated heterocycles. The zero-order chi connectivity index (χ0) is 25.1. The molecule has 5 rings (SSSR count). The molecular weight excluding hydrogens is 470 g/mol. The molecular formula is C29H23N3O3S. The largest absolute Gasteiger partial charge is 0.322 e. The molecule has 1 heterocycles. The molecule has 0 atom stereocenters. The molecule has 4 aromatic carbocycles. The number of carbonyl (C=O) groups is 3. The normalized spacial score (nSPS) is 12.2. The zero-order valence-corrected chi connectivity index (χ0v) is 20.3. The summed E-state index contributed by atoms with van der Waals surface area (Å²) in [5.74, 6) is -0.509. The summed E-state index contributed by atoms with van der Waals surface area (Å²) in [7, 11) is 0. The van der Waals surface area contributed by atoms with Crippen molar-refractivity contribution in [2.45, 2.75) is 16.7 Å². The van der Waals surface area contributed by atoms with Crippen molar-refractivity contribution in [2.75, 3.05) is 22.1 Å². The van der Waals surface area contributed by atoms with Crippen molar-refractivity contribution in [3.63, 3.8) is 0 Å². The minimum absolute atomic E-state index is 0.0319. The second kappa shape index (κ2) is 10.1. The maximum Gasteiger partial charge on any atom is 0.259 e. The topological polar surface area (TPSA) is 78.5 Å². The molecule has 0 unspecified atom stereocenters. The van der Waals surface area contributed by atoms with E-state index in [1.807, 2.05) is 49.4 Å². The van der Waals surface area contributed by atoms with Gasteiger partial charge in [0.2, 0.25) is 0 Å². The van der Waals surface area contributed by atoms with Crippen LogP contribution in [0.25, 0.3) is 0 Å². The molecule has 7 heteroatoms. The van der Waals surface area contributed by atoms with E-state index in [0.717, 1.165) is 15.5 Å². The van der Waals surface area contributed by atoms with E-state index in [2.05, 4.69) is 10.6 Å². The average Bonchev–Trinajstić information content (AvgIpc) is 3.02. The van der Waals surface area contributed by atoms with Gasteiger partial charge in [-0.05, 0) is 73.7 Å². The number of fused-ring (bicyclic) bond motifs is 2. The van der Waals surface area contributed by atoms with Gasteiger partial charge in [0.05, 0.1) is 11.3 Å². The lowest BCUT2D eigenvalue weighted by Gasteiger charge is -2.21. The monoisotopic (exact) mass is 493 g/mol. The van der Waals surface area contributed by atoms with Crippen molar-refractivity contribution in [3.05, 3.63) is 114 Å². The number of carbonyl (C=O) groups excluding carboxylic acids is 3. The van der Waals surface area contributed by atoms with E-state index in [0.29, 0.717) is 34.6 Å². The molecule has 0 aromatic heterocycles. The first kappa shape index (κ1) is 23.4. The molecule has 0 bridgehead atoms. The molecule has 4 aromatic rings. The molecule has 0 spiro atoms. The summed E-state index contributed by atoms with van der Waals surface area (Å²) in [5.41, 5.74) is 3.75. The van der Waals surface area contributed by atoms with Crippen LogP contribution in [0.1, 0.15) is 38.0 Å². The van der Waals surface area contributed by atoms with Gasteiger partial charge >= 0.3 is 0 Å². The first-order chi connectivity index (χ1) is 17.5. The van der Waals surface area contributed by atoms with E-state index >= 15 is 0 Å². The number of nitrogens with one attached hydrogen (secondary N) is 2. The fourth-order valence-electron chi connectivity index (χ4n) is 4.02. The van der Waals surface area contributed by atoms with Crippen LogP contribution in [0.15, 0.2) is 107 Å². The Morgan fingerprint density at radius 3 is 2.06 bits per heavy atom. The molecule has 0 radical (unpaired) electrons. The predicted octanol–water partition coefficient (Wildman–Crippen LogP) is 6.32. The Morgan fingerprint density at radius 1 is 0.722 bits per heavy atom. The van der Waals surface area contributed by atoms with Crippen LogP contribution in [0.5, 0.6) is 0 Å². The van der Waals surface area contributed by atoms with Gasteiger partial charge in [0.25, 0.3) is 17.7 Å². The van der Waals surface area contributed by atoms with Gasteiger partial charge in [0.15, 0.2) is 0 Å². The molecule has 2 N–H and O–H groups in total. The highest BCUT2D eigenvalue weighted by Gasteiger charge is 2.26. The highest BCUT2D eigenvalue weighted by Crippen LogP contribution is 2.42. The number of hydrogen-bond donors (Lipinski definition) is 2. The van der Waals surface area contributed by atoms with Crippen LogP contribution in [0.2, 0.25) is 0 Å². The van der Waals surface area contributed by atoms with Gasteiger partial charge in [-0.25, -0.2) is 0 Å². The van der Waals surface area contributed by atoms with Crippen molar-refractivity contribution in [1.29, 1.82) is 0 Å². The lowest BCUT2D eigenvalue weighted by molar-refractivity contribution is 0.0982. The number of hydrogen-bond acceptors (Lipinski definition) is 4. The highest BCUT2D eigenvalue weighted by molar-refractivity contribution is 7.99. The predicted molar refractivity (Wildman–Crippen MR) is 143 cm³/mol. The van der Waals surface area contributed by atoms with Gasteiger partial charge in [0.1, 0.15) is 0 Å². The second-order valence-corrected chi connectivity index (χ2v) is 9.27. The van der Waals surface area contributed by atoms with Gasteiger partial charge in [-0.1, -0.05) is 42.1 Å². The molecule has 36 heavy (non-hydrogen) atoms. The minimum Gasteiger partial charge on any atom is -0.322 e. The summed E-state index contributed by atoms with van der Waals surface area (Å²) in [6.45, 7) is 2.49. The lowest BCUT2D eigenvalue weighted by atomic mass is 10.1. The summed E-state index contributed by atoms with van der Waals surface area (Å²) in [6.07, 6.45) is 0. The highest BCUT2D eigenvalue weighted by atomic mass is 32.2. The van der Waals surface area contributed by atoms with Crippen LogP contribution in [-0.4, -0.2) is 24.3 Å². The van der Waals surface area contributed by atoms with Crippen molar-refractivity contribution in [3.8, 4) is 0 Å². The maximum atomic E-state index is 13.1. The quantitative estimate of drug-likeness (QED) is 0.341. The SMILES string of the molecule is CCN1C(=O)c2ccccc2Sc2cc(NC(=O)c3ccc(NC(=O)c4ccccc4)cc3)ccc21. The average molecular weight is 494 g/mol. The first-order valence-electron chi connectivity index (χ1n) is 11.5. The van der Waals surface area contributed by atoms with Gasteiger partial charge in [-0.3, -0.25) is 14.4 Å². The van der Waals surface area contributed by atoms with Crippen molar-refractivity contribution < 1.29 is 14.4 Å². The third-order valence-electron chi connectivity index (χ3n) is 5.85. The third-order valence-corrected chi connectivity index (χ3v) is 6.97. The Hall–Kier alpha value is -4.36. The van der Waals surface area contributed by atoms with E-state index in [4.69, 9.17) is 0 Å². The summed E-state index contributed by atoms with van der Waals surface area (Å²) < 4.78 is 0. The number of nitrogens with zero attached hydrogens (tertiary/aromatic N) is 1.